The second-order valence-electron chi connectivity index (χ2n) is 4.94. The van der Waals surface area contributed by atoms with Gasteiger partial charge in [0.2, 0.25) is 5.91 Å². The van der Waals surface area contributed by atoms with Gasteiger partial charge in [-0.25, -0.2) is 4.79 Å². The zero-order valence-corrected chi connectivity index (χ0v) is 13.6. The molecule has 2 heterocycles. The van der Waals surface area contributed by atoms with Crippen molar-refractivity contribution < 1.29 is 9.21 Å². The fourth-order valence-electron chi connectivity index (χ4n) is 2.21. The predicted octanol–water partition coefficient (Wildman–Crippen LogP) is 2.78. The molecule has 7 heteroatoms. The SMILES string of the molecule is C=CCN(C(=O)Cn1nc(-c2cccs2)oc1=O)c1ccccc1. The lowest BCUT2D eigenvalue weighted by Gasteiger charge is -2.20. The van der Waals surface area contributed by atoms with E-state index in [1.165, 1.54) is 11.3 Å². The first-order chi connectivity index (χ1) is 11.7. The van der Waals surface area contributed by atoms with Crippen LogP contribution in [0.1, 0.15) is 0 Å². The third-order valence-electron chi connectivity index (χ3n) is 3.30. The predicted molar refractivity (Wildman–Crippen MR) is 93.1 cm³/mol. The monoisotopic (exact) mass is 341 g/mol. The van der Waals surface area contributed by atoms with E-state index in [2.05, 4.69) is 11.7 Å². The third kappa shape index (κ3) is 3.36. The molecule has 0 radical (unpaired) electrons. The van der Waals surface area contributed by atoms with Crippen LogP contribution in [0, 0.1) is 0 Å². The van der Waals surface area contributed by atoms with Crippen LogP contribution >= 0.6 is 11.3 Å². The molecule has 0 aliphatic carbocycles. The van der Waals surface area contributed by atoms with Crippen molar-refractivity contribution in [1.29, 1.82) is 0 Å². The molecule has 1 aromatic carbocycles. The van der Waals surface area contributed by atoms with Gasteiger partial charge in [0.25, 0.3) is 5.89 Å². The maximum atomic E-state index is 12.6. The van der Waals surface area contributed by atoms with Gasteiger partial charge >= 0.3 is 5.76 Å². The lowest BCUT2D eigenvalue weighted by atomic mass is 10.2. The normalized spacial score (nSPS) is 10.5. The largest absolute Gasteiger partial charge is 0.437 e. The van der Waals surface area contributed by atoms with Gasteiger partial charge in [0.1, 0.15) is 6.54 Å². The highest BCUT2D eigenvalue weighted by molar-refractivity contribution is 7.13. The highest BCUT2D eigenvalue weighted by Crippen LogP contribution is 2.21. The van der Waals surface area contributed by atoms with E-state index in [-0.39, 0.29) is 18.3 Å². The third-order valence-corrected chi connectivity index (χ3v) is 4.16. The van der Waals surface area contributed by atoms with Gasteiger partial charge in [-0.3, -0.25) is 4.79 Å². The fourth-order valence-corrected chi connectivity index (χ4v) is 2.85. The van der Waals surface area contributed by atoms with Crippen LogP contribution in [0.15, 0.2) is 69.7 Å². The standard InChI is InChI=1S/C17H15N3O3S/c1-2-10-19(13-7-4-3-5-8-13)15(21)12-20-17(22)23-16(18-20)14-9-6-11-24-14/h2-9,11H,1,10,12H2. The number of thiophene rings is 1. The number of para-hydroxylation sites is 1. The minimum Gasteiger partial charge on any atom is -0.387 e. The number of hydrogen-bond donors (Lipinski definition) is 0. The number of benzene rings is 1. The van der Waals surface area contributed by atoms with Gasteiger partial charge in [-0.2, -0.15) is 4.68 Å². The molecule has 0 spiro atoms. The van der Waals surface area contributed by atoms with Crippen LogP contribution in [0.2, 0.25) is 0 Å². The lowest BCUT2D eigenvalue weighted by Crippen LogP contribution is -2.36. The minimum atomic E-state index is -0.654. The van der Waals surface area contributed by atoms with Gasteiger partial charge in [0.15, 0.2) is 0 Å². The lowest BCUT2D eigenvalue weighted by molar-refractivity contribution is -0.119. The first-order valence-corrected chi connectivity index (χ1v) is 8.15. The van der Waals surface area contributed by atoms with E-state index in [1.807, 2.05) is 41.8 Å². The maximum absolute atomic E-state index is 12.6. The molecule has 122 valence electrons. The van der Waals surface area contributed by atoms with Crippen molar-refractivity contribution >= 4 is 22.9 Å². The Morgan fingerprint density at radius 2 is 2.08 bits per heavy atom. The Morgan fingerprint density at radius 1 is 1.29 bits per heavy atom. The van der Waals surface area contributed by atoms with Crippen molar-refractivity contribution in [1.82, 2.24) is 9.78 Å². The summed E-state index contributed by atoms with van der Waals surface area (Å²) in [4.78, 5) is 26.8. The number of amides is 1. The van der Waals surface area contributed by atoms with Gasteiger partial charge < -0.3 is 9.32 Å². The molecule has 3 rings (SSSR count). The van der Waals surface area contributed by atoms with Crippen LogP contribution in [0.25, 0.3) is 10.8 Å². The summed E-state index contributed by atoms with van der Waals surface area (Å²) in [5.74, 6) is -0.703. The average Bonchev–Trinajstić information content (AvgIpc) is 3.24. The average molecular weight is 341 g/mol. The van der Waals surface area contributed by atoms with E-state index in [4.69, 9.17) is 4.42 Å². The minimum absolute atomic E-state index is 0.198. The molecule has 6 nitrogen and oxygen atoms in total. The highest BCUT2D eigenvalue weighted by atomic mass is 32.1. The zero-order chi connectivity index (χ0) is 16.9. The summed E-state index contributed by atoms with van der Waals surface area (Å²) in [5, 5.41) is 5.96. The topological polar surface area (TPSA) is 68.3 Å². The summed E-state index contributed by atoms with van der Waals surface area (Å²) in [6.45, 7) is 3.82. The van der Waals surface area contributed by atoms with E-state index in [0.717, 1.165) is 15.2 Å². The van der Waals surface area contributed by atoms with E-state index in [9.17, 15) is 9.59 Å². The molecule has 3 aromatic rings. The molecule has 0 atom stereocenters. The molecular weight excluding hydrogens is 326 g/mol. The molecule has 0 unspecified atom stereocenters. The Kier molecular flexibility index (Phi) is 4.72. The Balaban J connectivity index is 1.83. The van der Waals surface area contributed by atoms with Crippen LogP contribution in [0.3, 0.4) is 0 Å². The molecule has 0 saturated carbocycles. The number of anilines is 1. The molecule has 0 aliphatic rings. The van der Waals surface area contributed by atoms with Crippen molar-refractivity contribution in [2.45, 2.75) is 6.54 Å². The number of hydrogen-bond acceptors (Lipinski definition) is 5. The summed E-state index contributed by atoms with van der Waals surface area (Å²) in [5.41, 5.74) is 0.734. The fraction of sp³-hybridized carbons (Fsp3) is 0.118. The Labute approximate surface area is 142 Å². The van der Waals surface area contributed by atoms with Crippen molar-refractivity contribution in [2.24, 2.45) is 0 Å². The number of aromatic nitrogens is 2. The van der Waals surface area contributed by atoms with Crippen molar-refractivity contribution in [2.75, 3.05) is 11.4 Å². The summed E-state index contributed by atoms with van der Waals surface area (Å²) in [7, 11) is 0. The Bertz CT molecular complexity index is 881. The van der Waals surface area contributed by atoms with Crippen molar-refractivity contribution in [3.05, 3.63) is 71.1 Å². The van der Waals surface area contributed by atoms with Gasteiger partial charge in [-0.05, 0) is 23.6 Å². The smallest absolute Gasteiger partial charge is 0.387 e. The summed E-state index contributed by atoms with van der Waals surface area (Å²) < 4.78 is 6.16. The van der Waals surface area contributed by atoms with Crippen LogP contribution in [0.4, 0.5) is 5.69 Å². The Morgan fingerprint density at radius 3 is 2.75 bits per heavy atom. The molecular formula is C17H15N3O3S. The van der Waals surface area contributed by atoms with Crippen LogP contribution in [0.5, 0.6) is 0 Å². The zero-order valence-electron chi connectivity index (χ0n) is 12.8. The maximum Gasteiger partial charge on any atom is 0.437 e. The van der Waals surface area contributed by atoms with Crippen molar-refractivity contribution in [3.63, 3.8) is 0 Å². The Hall–Kier alpha value is -2.93. The number of nitrogens with zero attached hydrogens (tertiary/aromatic N) is 3. The van der Waals surface area contributed by atoms with Gasteiger partial charge in [-0.1, -0.05) is 30.3 Å². The van der Waals surface area contributed by atoms with Gasteiger partial charge in [0.05, 0.1) is 4.88 Å². The van der Waals surface area contributed by atoms with E-state index in [0.29, 0.717) is 6.54 Å². The first-order valence-electron chi connectivity index (χ1n) is 7.27. The number of carbonyl (C=O) groups excluding carboxylic acids is 1. The van der Waals surface area contributed by atoms with E-state index in [1.54, 1.807) is 17.0 Å². The van der Waals surface area contributed by atoms with Crippen molar-refractivity contribution in [3.8, 4) is 10.8 Å². The molecule has 1 amide bonds. The number of rotatable bonds is 6. The van der Waals surface area contributed by atoms with Crippen LogP contribution in [-0.2, 0) is 11.3 Å². The molecule has 2 aromatic heterocycles. The summed E-state index contributed by atoms with van der Waals surface area (Å²) in [6.07, 6.45) is 1.63. The second kappa shape index (κ2) is 7.10. The molecule has 24 heavy (non-hydrogen) atoms. The molecule has 0 N–H and O–H groups in total. The second-order valence-corrected chi connectivity index (χ2v) is 5.88. The van der Waals surface area contributed by atoms with E-state index < -0.39 is 5.76 Å². The molecule has 0 aliphatic heterocycles. The summed E-state index contributed by atoms with van der Waals surface area (Å²) >= 11 is 1.41. The molecule has 0 fully saturated rings. The number of carbonyl (C=O) groups is 1. The van der Waals surface area contributed by atoms with Crippen LogP contribution < -0.4 is 10.7 Å². The molecule has 0 saturated heterocycles. The first kappa shape index (κ1) is 15.9. The van der Waals surface area contributed by atoms with E-state index >= 15 is 0 Å². The highest BCUT2D eigenvalue weighted by Gasteiger charge is 2.18. The van der Waals surface area contributed by atoms with Gasteiger partial charge in [0, 0.05) is 12.2 Å². The van der Waals surface area contributed by atoms with Gasteiger partial charge in [-0.15, -0.1) is 23.0 Å². The summed E-state index contributed by atoms with van der Waals surface area (Å²) in [6, 6.07) is 12.8. The van der Waals surface area contributed by atoms with Crippen LogP contribution in [-0.4, -0.2) is 22.2 Å². The quantitative estimate of drug-likeness (QED) is 0.647. The molecule has 0 bridgehead atoms.